The summed E-state index contributed by atoms with van der Waals surface area (Å²) in [5.74, 6) is 3.37. The van der Waals surface area contributed by atoms with Crippen LogP contribution in [0.4, 0.5) is 0 Å². The van der Waals surface area contributed by atoms with E-state index in [4.69, 9.17) is 0 Å². The van der Waals surface area contributed by atoms with Gasteiger partial charge in [0.05, 0.1) is 6.10 Å². The van der Waals surface area contributed by atoms with E-state index in [2.05, 4.69) is 53.7 Å². The average Bonchev–Trinajstić information content (AvgIpc) is 3.05. The van der Waals surface area contributed by atoms with Crippen molar-refractivity contribution in [1.29, 1.82) is 0 Å². The summed E-state index contributed by atoms with van der Waals surface area (Å²) in [5, 5.41) is 32.9. The summed E-state index contributed by atoms with van der Waals surface area (Å²) in [6.07, 6.45) is 12.1. The van der Waals surface area contributed by atoms with Crippen LogP contribution < -0.4 is 0 Å². The lowest BCUT2D eigenvalue weighted by molar-refractivity contribution is -0.210. The van der Waals surface area contributed by atoms with Crippen LogP contribution in [0.2, 0.25) is 0 Å². The molecule has 0 heterocycles. The normalized spacial score (nSPS) is 49.4. The van der Waals surface area contributed by atoms with Gasteiger partial charge in [0, 0.05) is 11.8 Å². The van der Waals surface area contributed by atoms with Gasteiger partial charge in [0.1, 0.15) is 11.7 Å². The molecule has 0 bridgehead atoms. The van der Waals surface area contributed by atoms with Crippen LogP contribution in [0, 0.1) is 46.3 Å². The first-order valence-corrected chi connectivity index (χ1v) is 12.9. The van der Waals surface area contributed by atoms with Crippen molar-refractivity contribution < 1.29 is 15.3 Å². The van der Waals surface area contributed by atoms with Gasteiger partial charge in [-0.15, -0.1) is 0 Å². The van der Waals surface area contributed by atoms with E-state index in [0.29, 0.717) is 41.9 Å². The molecule has 0 aromatic rings. The third-order valence-electron chi connectivity index (χ3n) is 10.7. The minimum Gasteiger partial charge on any atom is -0.393 e. The van der Waals surface area contributed by atoms with Crippen molar-refractivity contribution in [3.63, 3.8) is 0 Å². The molecule has 4 rings (SSSR count). The summed E-state index contributed by atoms with van der Waals surface area (Å²) in [6, 6.07) is 0. The number of aliphatic hydroxyl groups excluding tert-OH is 2. The van der Waals surface area contributed by atoms with Gasteiger partial charge in [0.15, 0.2) is 0 Å². The number of aliphatic hydroxyl groups is 3. The first-order valence-electron chi connectivity index (χ1n) is 12.9. The first kappa shape index (κ1) is 23.5. The molecule has 0 unspecified atom stereocenters. The van der Waals surface area contributed by atoms with Gasteiger partial charge >= 0.3 is 0 Å². The lowest BCUT2D eigenvalue weighted by atomic mass is 9.45. The maximum atomic E-state index is 11.6. The molecule has 31 heavy (non-hydrogen) atoms. The summed E-state index contributed by atoms with van der Waals surface area (Å²) in [4.78, 5) is 0. The van der Waals surface area contributed by atoms with Crippen molar-refractivity contribution in [3.8, 4) is 0 Å². The number of hydrogen-bond donors (Lipinski definition) is 3. The molecule has 0 spiro atoms. The minimum absolute atomic E-state index is 0.271. The molecule has 10 atom stereocenters. The van der Waals surface area contributed by atoms with Crippen molar-refractivity contribution in [3.05, 3.63) is 23.8 Å². The van der Waals surface area contributed by atoms with Crippen molar-refractivity contribution in [2.75, 3.05) is 0 Å². The predicted molar refractivity (Wildman–Crippen MR) is 126 cm³/mol. The highest BCUT2D eigenvalue weighted by atomic mass is 16.3. The van der Waals surface area contributed by atoms with Crippen molar-refractivity contribution in [1.82, 2.24) is 0 Å². The Labute approximate surface area is 190 Å². The number of hydrogen-bond acceptors (Lipinski definition) is 3. The van der Waals surface area contributed by atoms with E-state index in [1.165, 1.54) is 24.8 Å². The SMILES string of the molecule is CC(C)[C@@H](C)C=C[C@H](C)[C@H]1CC[C@@H]2C3=C[C@H](O)[C@@]4(O)C[C@@H](O)CC[C@@]4(C)[C@@H]3CC[C@@]21C. The molecule has 0 aromatic heterocycles. The molecule has 0 amide bonds. The Morgan fingerprint density at radius 3 is 2.32 bits per heavy atom. The van der Waals surface area contributed by atoms with Gasteiger partial charge in [0.25, 0.3) is 0 Å². The lowest BCUT2D eigenvalue weighted by Gasteiger charge is -2.62. The quantitative estimate of drug-likeness (QED) is 0.516. The second-order valence-electron chi connectivity index (χ2n) is 12.5. The number of rotatable bonds is 4. The fourth-order valence-corrected chi connectivity index (χ4v) is 8.16. The van der Waals surface area contributed by atoms with Gasteiger partial charge in [-0.1, -0.05) is 65.3 Å². The monoisotopic (exact) mass is 430 g/mol. The molecule has 3 nitrogen and oxygen atoms in total. The molecular formula is C28H46O3. The molecular weight excluding hydrogens is 384 g/mol. The summed E-state index contributed by atoms with van der Waals surface area (Å²) in [5.41, 5.74) is 0.160. The van der Waals surface area contributed by atoms with Gasteiger partial charge in [0.2, 0.25) is 0 Å². The molecule has 176 valence electrons. The molecule has 0 aromatic carbocycles. The topological polar surface area (TPSA) is 60.7 Å². The third kappa shape index (κ3) is 3.49. The highest BCUT2D eigenvalue weighted by molar-refractivity contribution is 5.33. The molecule has 0 radical (unpaired) electrons. The van der Waals surface area contributed by atoms with Crippen LogP contribution >= 0.6 is 0 Å². The predicted octanol–water partition coefficient (Wildman–Crippen LogP) is 5.50. The Morgan fingerprint density at radius 2 is 1.65 bits per heavy atom. The second kappa shape index (κ2) is 7.99. The van der Waals surface area contributed by atoms with Gasteiger partial charge in [-0.2, -0.15) is 0 Å². The summed E-state index contributed by atoms with van der Waals surface area (Å²) in [6.45, 7) is 14.0. The molecule has 3 saturated carbocycles. The third-order valence-corrected chi connectivity index (χ3v) is 10.7. The molecule has 0 aliphatic heterocycles. The average molecular weight is 431 g/mol. The zero-order valence-corrected chi connectivity index (χ0v) is 20.6. The van der Waals surface area contributed by atoms with Crippen LogP contribution in [0.1, 0.15) is 86.5 Å². The zero-order chi connectivity index (χ0) is 22.8. The minimum atomic E-state index is -1.20. The molecule has 4 aliphatic carbocycles. The van der Waals surface area contributed by atoms with Crippen molar-refractivity contribution in [2.24, 2.45) is 46.3 Å². The Bertz CT molecular complexity index is 741. The largest absolute Gasteiger partial charge is 0.393 e. The fraction of sp³-hybridized carbons (Fsp3) is 0.857. The van der Waals surface area contributed by atoms with Crippen LogP contribution in [-0.4, -0.2) is 33.1 Å². The highest BCUT2D eigenvalue weighted by Crippen LogP contribution is 2.67. The summed E-state index contributed by atoms with van der Waals surface area (Å²) < 4.78 is 0. The second-order valence-corrected chi connectivity index (χ2v) is 12.5. The number of allylic oxidation sites excluding steroid dienone is 3. The standard InChI is InChI=1S/C28H46O3/c1-17(2)18(3)7-8-19(4)22-9-10-23-21-15-25(30)28(31)16-20(29)11-14-27(28,6)24(21)12-13-26(22,23)5/h7-8,15,17-20,22-25,29-31H,9-14,16H2,1-6H3/t18-,19-,20-,22+,23+,24+,25-,26+,27-,28-/m0/s1. The van der Waals surface area contributed by atoms with Gasteiger partial charge in [-0.3, -0.25) is 0 Å². The van der Waals surface area contributed by atoms with Crippen LogP contribution in [0.3, 0.4) is 0 Å². The van der Waals surface area contributed by atoms with E-state index in [0.717, 1.165) is 19.3 Å². The zero-order valence-electron chi connectivity index (χ0n) is 20.6. The van der Waals surface area contributed by atoms with E-state index < -0.39 is 17.8 Å². The Morgan fingerprint density at radius 1 is 0.935 bits per heavy atom. The van der Waals surface area contributed by atoms with Crippen molar-refractivity contribution >= 4 is 0 Å². The summed E-state index contributed by atoms with van der Waals surface area (Å²) >= 11 is 0. The molecule has 3 heteroatoms. The molecule has 3 fully saturated rings. The maximum absolute atomic E-state index is 11.6. The molecule has 4 aliphatic rings. The van der Waals surface area contributed by atoms with Gasteiger partial charge < -0.3 is 15.3 Å². The van der Waals surface area contributed by atoms with E-state index in [-0.39, 0.29) is 10.8 Å². The van der Waals surface area contributed by atoms with E-state index in [1.54, 1.807) is 0 Å². The highest BCUT2D eigenvalue weighted by Gasteiger charge is 2.64. The molecule has 0 saturated heterocycles. The van der Waals surface area contributed by atoms with Gasteiger partial charge in [-0.05, 0) is 79.4 Å². The fourth-order valence-electron chi connectivity index (χ4n) is 8.16. The Balaban J connectivity index is 1.61. The van der Waals surface area contributed by atoms with E-state index >= 15 is 0 Å². The maximum Gasteiger partial charge on any atom is 0.102 e. The summed E-state index contributed by atoms with van der Waals surface area (Å²) in [7, 11) is 0. The van der Waals surface area contributed by atoms with Crippen LogP contribution in [-0.2, 0) is 0 Å². The molecule has 3 N–H and O–H groups in total. The van der Waals surface area contributed by atoms with Crippen LogP contribution in [0.5, 0.6) is 0 Å². The van der Waals surface area contributed by atoms with Crippen LogP contribution in [0.15, 0.2) is 23.8 Å². The Hall–Kier alpha value is -0.640. The van der Waals surface area contributed by atoms with Crippen molar-refractivity contribution in [2.45, 2.75) is 104 Å². The van der Waals surface area contributed by atoms with E-state index in [9.17, 15) is 15.3 Å². The lowest BCUT2D eigenvalue weighted by Crippen LogP contribution is -2.65. The van der Waals surface area contributed by atoms with Crippen LogP contribution in [0.25, 0.3) is 0 Å². The first-order chi connectivity index (χ1) is 14.4. The van der Waals surface area contributed by atoms with Gasteiger partial charge in [-0.25, -0.2) is 0 Å². The Kier molecular flexibility index (Phi) is 6.06. The van der Waals surface area contributed by atoms with E-state index in [1.807, 2.05) is 6.08 Å². The smallest absolute Gasteiger partial charge is 0.102 e. The number of fused-ring (bicyclic) bond motifs is 5.